The molecular formula is C19H17N3O4. The van der Waals surface area contributed by atoms with E-state index in [1.165, 1.54) is 11.7 Å². The number of rotatable bonds is 3. The van der Waals surface area contributed by atoms with Crippen LogP contribution in [0.2, 0.25) is 0 Å². The number of ether oxygens (including phenoxy) is 2. The average molecular weight is 351 g/mol. The molecule has 4 rings (SSSR count). The maximum absolute atomic E-state index is 12.6. The lowest BCUT2D eigenvalue weighted by molar-refractivity contribution is 0.0786. The molecule has 7 heteroatoms. The molecule has 1 atom stereocenters. The Hall–Kier alpha value is -3.35. The molecule has 2 heterocycles. The van der Waals surface area contributed by atoms with Crippen molar-refractivity contribution in [2.24, 2.45) is 7.05 Å². The number of nitrogens with one attached hydrogen (secondary N) is 1. The third kappa shape index (κ3) is 2.88. The number of fused-ring (bicyclic) bond motifs is 2. The van der Waals surface area contributed by atoms with Crippen LogP contribution in [0.5, 0.6) is 11.5 Å². The predicted octanol–water partition coefficient (Wildman–Crippen LogP) is 1.50. The van der Waals surface area contributed by atoms with Crippen LogP contribution in [0.3, 0.4) is 0 Å². The van der Waals surface area contributed by atoms with E-state index in [4.69, 9.17) is 9.47 Å². The van der Waals surface area contributed by atoms with Gasteiger partial charge in [0.2, 0.25) is 0 Å². The van der Waals surface area contributed by atoms with E-state index in [9.17, 15) is 9.59 Å². The molecule has 1 aliphatic rings. The second-order valence-corrected chi connectivity index (χ2v) is 6.03. The van der Waals surface area contributed by atoms with Crippen LogP contribution < -0.4 is 20.3 Å². The van der Waals surface area contributed by atoms with Crippen LogP contribution >= 0.6 is 0 Å². The van der Waals surface area contributed by atoms with Gasteiger partial charge in [-0.2, -0.15) is 5.10 Å². The molecule has 132 valence electrons. The molecule has 3 aromatic rings. The molecule has 1 aliphatic heterocycles. The average Bonchev–Trinajstić information content (AvgIpc) is 2.68. The number of aromatic nitrogens is 2. The van der Waals surface area contributed by atoms with Gasteiger partial charge in [-0.15, -0.1) is 0 Å². The summed E-state index contributed by atoms with van der Waals surface area (Å²) in [6.45, 7) is 0.616. The number of hydrogen-bond donors (Lipinski definition) is 1. The van der Waals surface area contributed by atoms with Gasteiger partial charge in [0.25, 0.3) is 11.5 Å². The number of hydrogen-bond acceptors (Lipinski definition) is 5. The van der Waals surface area contributed by atoms with Gasteiger partial charge in [-0.05, 0) is 18.2 Å². The third-order valence-corrected chi connectivity index (χ3v) is 4.23. The number of aryl methyl sites for hydroxylation is 1. The monoisotopic (exact) mass is 351 g/mol. The maximum Gasteiger partial charge on any atom is 0.274 e. The van der Waals surface area contributed by atoms with E-state index in [0.29, 0.717) is 28.9 Å². The van der Waals surface area contributed by atoms with Crippen molar-refractivity contribution in [3.63, 3.8) is 0 Å². The van der Waals surface area contributed by atoms with Crippen LogP contribution in [0.4, 0.5) is 0 Å². The van der Waals surface area contributed by atoms with Crippen LogP contribution in [-0.4, -0.2) is 34.9 Å². The minimum atomic E-state index is -0.362. The molecule has 7 nitrogen and oxygen atoms in total. The van der Waals surface area contributed by atoms with Crippen molar-refractivity contribution >= 4 is 16.7 Å². The molecule has 1 amide bonds. The topological polar surface area (TPSA) is 82.5 Å². The van der Waals surface area contributed by atoms with Crippen molar-refractivity contribution in [3.8, 4) is 11.5 Å². The molecule has 0 radical (unpaired) electrons. The lowest BCUT2D eigenvalue weighted by atomic mass is 10.1. The molecule has 1 aromatic heterocycles. The normalized spacial score (nSPS) is 15.7. The van der Waals surface area contributed by atoms with Gasteiger partial charge in [-0.1, -0.05) is 30.3 Å². The first-order valence-electron chi connectivity index (χ1n) is 8.26. The van der Waals surface area contributed by atoms with E-state index in [-0.39, 0.29) is 29.8 Å². The van der Waals surface area contributed by atoms with Crippen molar-refractivity contribution in [2.45, 2.75) is 6.10 Å². The fourth-order valence-electron chi connectivity index (χ4n) is 2.92. The molecule has 0 spiro atoms. The lowest BCUT2D eigenvalue weighted by Crippen LogP contribution is -2.41. The Morgan fingerprint density at radius 1 is 1.15 bits per heavy atom. The molecule has 0 saturated heterocycles. The fourth-order valence-corrected chi connectivity index (χ4v) is 2.92. The first-order chi connectivity index (χ1) is 12.6. The summed E-state index contributed by atoms with van der Waals surface area (Å²) in [5.41, 5.74) is -0.0300. The van der Waals surface area contributed by atoms with E-state index in [0.717, 1.165) is 0 Å². The van der Waals surface area contributed by atoms with Crippen molar-refractivity contribution in [3.05, 3.63) is 64.6 Å². The van der Waals surface area contributed by atoms with Gasteiger partial charge in [-0.3, -0.25) is 9.59 Å². The highest BCUT2D eigenvalue weighted by atomic mass is 16.6. The zero-order chi connectivity index (χ0) is 18.1. The Balaban J connectivity index is 1.52. The van der Waals surface area contributed by atoms with Gasteiger partial charge >= 0.3 is 0 Å². The summed E-state index contributed by atoms with van der Waals surface area (Å²) in [6, 6.07) is 14.3. The highest BCUT2D eigenvalue weighted by molar-refractivity contribution is 6.04. The van der Waals surface area contributed by atoms with Gasteiger partial charge in [-0.25, -0.2) is 4.68 Å². The summed E-state index contributed by atoms with van der Waals surface area (Å²) < 4.78 is 12.6. The quantitative estimate of drug-likeness (QED) is 0.773. The molecule has 1 N–H and O–H groups in total. The van der Waals surface area contributed by atoms with E-state index in [1.54, 1.807) is 24.3 Å². The van der Waals surface area contributed by atoms with E-state index < -0.39 is 0 Å². The van der Waals surface area contributed by atoms with E-state index >= 15 is 0 Å². The smallest absolute Gasteiger partial charge is 0.274 e. The van der Waals surface area contributed by atoms with Crippen molar-refractivity contribution in [1.29, 1.82) is 0 Å². The van der Waals surface area contributed by atoms with Crippen molar-refractivity contribution in [1.82, 2.24) is 15.1 Å². The minimum Gasteiger partial charge on any atom is -0.486 e. The Morgan fingerprint density at radius 2 is 1.85 bits per heavy atom. The Bertz CT molecular complexity index is 1040. The second-order valence-electron chi connectivity index (χ2n) is 6.03. The summed E-state index contributed by atoms with van der Waals surface area (Å²) in [5, 5.41) is 7.92. The Kier molecular flexibility index (Phi) is 4.04. The van der Waals surface area contributed by atoms with Gasteiger partial charge < -0.3 is 14.8 Å². The Labute approximate surface area is 149 Å². The molecule has 0 aliphatic carbocycles. The number of benzene rings is 2. The summed E-state index contributed by atoms with van der Waals surface area (Å²) >= 11 is 0. The largest absolute Gasteiger partial charge is 0.486 e. The van der Waals surface area contributed by atoms with Crippen molar-refractivity contribution < 1.29 is 14.3 Å². The molecule has 2 aromatic carbocycles. The van der Waals surface area contributed by atoms with E-state index in [1.807, 2.05) is 24.3 Å². The van der Waals surface area contributed by atoms with Gasteiger partial charge in [0.15, 0.2) is 17.2 Å². The fraction of sp³-hybridized carbons (Fsp3) is 0.211. The molecule has 0 fully saturated rings. The van der Waals surface area contributed by atoms with Gasteiger partial charge in [0.1, 0.15) is 12.7 Å². The standard InChI is InChI=1S/C19H17N3O4/c1-22-19(24)14-7-3-2-6-13(14)17(21-22)18(23)20-10-12-11-25-15-8-4-5-9-16(15)26-12/h2-9,12H,10-11H2,1H3,(H,20,23). The van der Waals surface area contributed by atoms with Crippen LogP contribution in [0.1, 0.15) is 10.5 Å². The van der Waals surface area contributed by atoms with Crippen molar-refractivity contribution in [2.75, 3.05) is 13.2 Å². The lowest BCUT2D eigenvalue weighted by Gasteiger charge is -2.26. The number of carbonyl (C=O) groups excluding carboxylic acids is 1. The van der Waals surface area contributed by atoms with Crippen LogP contribution in [-0.2, 0) is 7.05 Å². The minimum absolute atomic E-state index is 0.208. The summed E-state index contributed by atoms with van der Waals surface area (Å²) in [6.07, 6.45) is -0.298. The Morgan fingerprint density at radius 3 is 2.65 bits per heavy atom. The molecular weight excluding hydrogens is 334 g/mol. The zero-order valence-electron chi connectivity index (χ0n) is 14.1. The zero-order valence-corrected chi connectivity index (χ0v) is 14.1. The third-order valence-electron chi connectivity index (χ3n) is 4.23. The first kappa shape index (κ1) is 16.1. The van der Waals surface area contributed by atoms with Gasteiger partial charge in [0.05, 0.1) is 11.9 Å². The highest BCUT2D eigenvalue weighted by Crippen LogP contribution is 2.30. The number of nitrogens with zero attached hydrogens (tertiary/aromatic N) is 2. The maximum atomic E-state index is 12.6. The van der Waals surface area contributed by atoms with E-state index in [2.05, 4.69) is 10.4 Å². The number of amides is 1. The molecule has 0 saturated carbocycles. The summed E-state index contributed by atoms with van der Waals surface area (Å²) in [4.78, 5) is 24.8. The van der Waals surface area contributed by atoms with Gasteiger partial charge in [0, 0.05) is 12.4 Å². The second kappa shape index (κ2) is 6.51. The highest BCUT2D eigenvalue weighted by Gasteiger charge is 2.22. The van der Waals surface area contributed by atoms with Crippen LogP contribution in [0, 0.1) is 0 Å². The molecule has 26 heavy (non-hydrogen) atoms. The summed E-state index contributed by atoms with van der Waals surface area (Å²) in [7, 11) is 1.53. The molecule has 1 unspecified atom stereocenters. The molecule has 0 bridgehead atoms. The number of carbonyl (C=O) groups is 1. The van der Waals surface area contributed by atoms with Crippen LogP contribution in [0.25, 0.3) is 10.8 Å². The number of para-hydroxylation sites is 2. The SMILES string of the molecule is Cn1nc(C(=O)NCC2COc3ccccc3O2)c2ccccc2c1=O. The van der Waals surface area contributed by atoms with Crippen LogP contribution in [0.15, 0.2) is 53.3 Å². The first-order valence-corrected chi connectivity index (χ1v) is 8.26. The predicted molar refractivity (Wildman–Crippen MR) is 95.7 cm³/mol. The summed E-state index contributed by atoms with van der Waals surface area (Å²) in [5.74, 6) is 0.990.